The number of hydrogen-bond acceptors (Lipinski definition) is 6. The van der Waals surface area contributed by atoms with Crippen LogP contribution in [0.3, 0.4) is 0 Å². The number of hydrogen-bond donors (Lipinski definition) is 2. The van der Waals surface area contributed by atoms with Crippen LogP contribution >= 0.6 is 0 Å². The molecule has 2 aliphatic heterocycles. The molecule has 2 heterocycles. The predicted molar refractivity (Wildman–Crippen MR) is 129 cm³/mol. The van der Waals surface area contributed by atoms with Crippen molar-refractivity contribution in [2.45, 2.75) is 90.1 Å². The highest BCUT2D eigenvalue weighted by Crippen LogP contribution is 2.24. The molecule has 0 saturated carbocycles. The first-order chi connectivity index (χ1) is 15.4. The van der Waals surface area contributed by atoms with Crippen LogP contribution in [0.25, 0.3) is 0 Å². The summed E-state index contributed by atoms with van der Waals surface area (Å²) in [6.45, 7) is 14.3. The average Bonchev–Trinajstić information content (AvgIpc) is 2.70. The molecule has 0 bridgehead atoms. The van der Waals surface area contributed by atoms with Gasteiger partial charge < -0.3 is 29.9 Å². The number of nitrogens with one attached hydrogen (secondary N) is 2. The molecule has 2 rings (SSSR count). The smallest absolute Gasteiger partial charge is 0.410 e. The van der Waals surface area contributed by atoms with Crippen molar-refractivity contribution < 1.29 is 19.1 Å². The van der Waals surface area contributed by atoms with Crippen LogP contribution in [-0.4, -0.2) is 84.0 Å². The lowest BCUT2D eigenvalue weighted by atomic mass is 10.0. The largest absolute Gasteiger partial charge is 0.444 e. The van der Waals surface area contributed by atoms with Crippen LogP contribution in [0.15, 0.2) is 0 Å². The Bertz CT molecular complexity index is 775. The minimum Gasteiger partial charge on any atom is -0.444 e. The normalized spacial score (nSPS) is 23.7. The van der Waals surface area contributed by atoms with Crippen molar-refractivity contribution in [3.05, 3.63) is 0 Å². The number of terminal acetylenes is 1. The molecule has 8 nitrogen and oxygen atoms in total. The van der Waals surface area contributed by atoms with Crippen LogP contribution in [0.1, 0.15) is 60.8 Å². The summed E-state index contributed by atoms with van der Waals surface area (Å²) in [7, 11) is 0. The van der Waals surface area contributed by atoms with Crippen LogP contribution < -0.4 is 10.6 Å². The Kier molecular flexibility index (Phi) is 9.46. The summed E-state index contributed by atoms with van der Waals surface area (Å²) in [5, 5.41) is 6.78. The molecule has 8 heteroatoms. The van der Waals surface area contributed by atoms with Crippen molar-refractivity contribution >= 4 is 12.2 Å². The molecule has 184 valence electrons. The molecule has 2 saturated heterocycles. The first kappa shape index (κ1) is 26.8. The number of nitrogens with zero attached hydrogens (tertiary/aromatic N) is 2. The van der Waals surface area contributed by atoms with Gasteiger partial charge in [-0.05, 0) is 41.5 Å². The van der Waals surface area contributed by atoms with Gasteiger partial charge in [-0.15, -0.1) is 24.2 Å². The highest BCUT2D eigenvalue weighted by Gasteiger charge is 2.41. The fourth-order valence-electron chi connectivity index (χ4n) is 3.77. The maximum absolute atomic E-state index is 13.0. The van der Waals surface area contributed by atoms with E-state index in [2.05, 4.69) is 28.4 Å². The Labute approximate surface area is 199 Å². The maximum atomic E-state index is 13.0. The molecule has 2 aliphatic rings. The maximum Gasteiger partial charge on any atom is 0.410 e. The van der Waals surface area contributed by atoms with E-state index in [1.807, 2.05) is 41.5 Å². The summed E-state index contributed by atoms with van der Waals surface area (Å²) < 4.78 is 11.3. The van der Waals surface area contributed by atoms with Crippen molar-refractivity contribution in [2.24, 2.45) is 0 Å². The number of carbonyl (C=O) groups is 2. The van der Waals surface area contributed by atoms with Crippen molar-refractivity contribution in [1.82, 2.24) is 20.4 Å². The first-order valence-corrected chi connectivity index (χ1v) is 11.7. The summed E-state index contributed by atoms with van der Waals surface area (Å²) in [5.41, 5.74) is -1.26. The number of ether oxygens (including phenoxy) is 2. The second-order valence-electron chi connectivity index (χ2n) is 10.6. The highest BCUT2D eigenvalue weighted by atomic mass is 16.6. The molecule has 0 aromatic rings. The number of rotatable bonds is 3. The van der Waals surface area contributed by atoms with E-state index in [0.29, 0.717) is 25.4 Å². The van der Waals surface area contributed by atoms with Gasteiger partial charge in [-0.3, -0.25) is 0 Å². The van der Waals surface area contributed by atoms with E-state index in [0.717, 1.165) is 26.1 Å². The molecule has 3 atom stereocenters. The van der Waals surface area contributed by atoms with E-state index < -0.39 is 23.4 Å². The van der Waals surface area contributed by atoms with Crippen LogP contribution in [0.2, 0.25) is 0 Å². The zero-order chi connectivity index (χ0) is 24.6. The van der Waals surface area contributed by atoms with E-state index in [9.17, 15) is 9.59 Å². The summed E-state index contributed by atoms with van der Waals surface area (Å²) in [5.74, 6) is 9.08. The molecular weight excluding hydrogens is 420 g/mol. The molecule has 3 unspecified atom stereocenters. The standard InChI is InChI=1S/C25H40N4O4/c1-8-11-20-17-29(23(31)33-25(5,6)7)21(18-28(20)22(30)32-24(2,3)4)13-10-9-12-19-16-26-14-15-27-19/h1,19-21,26-27H,11-18H2,2-7H3. The second-order valence-corrected chi connectivity index (χ2v) is 10.6. The van der Waals surface area contributed by atoms with Crippen molar-refractivity contribution in [1.29, 1.82) is 0 Å². The molecular formula is C25H40N4O4. The van der Waals surface area contributed by atoms with Gasteiger partial charge in [0.1, 0.15) is 11.2 Å². The molecule has 0 aromatic carbocycles. The Balaban J connectivity index is 2.18. The molecule has 2 N–H and O–H groups in total. The van der Waals surface area contributed by atoms with Crippen molar-refractivity contribution in [3.63, 3.8) is 0 Å². The first-order valence-electron chi connectivity index (χ1n) is 11.7. The molecule has 2 amide bonds. The molecule has 2 fully saturated rings. The average molecular weight is 461 g/mol. The monoisotopic (exact) mass is 460 g/mol. The minimum absolute atomic E-state index is 0.277. The lowest BCUT2D eigenvalue weighted by Gasteiger charge is -2.45. The molecule has 33 heavy (non-hydrogen) atoms. The van der Waals surface area contributed by atoms with Crippen LogP contribution in [0, 0.1) is 24.2 Å². The van der Waals surface area contributed by atoms with E-state index in [1.165, 1.54) is 0 Å². The third-order valence-corrected chi connectivity index (χ3v) is 5.24. The van der Waals surface area contributed by atoms with E-state index in [4.69, 9.17) is 15.9 Å². The van der Waals surface area contributed by atoms with Gasteiger partial charge in [-0.2, -0.15) is 0 Å². The highest BCUT2D eigenvalue weighted by molar-refractivity contribution is 5.72. The Morgan fingerprint density at radius 2 is 1.39 bits per heavy atom. The van der Waals surface area contributed by atoms with Gasteiger partial charge in [-0.25, -0.2) is 9.59 Å². The van der Waals surface area contributed by atoms with Crippen LogP contribution in [0.5, 0.6) is 0 Å². The Hall–Kier alpha value is -2.42. The number of amides is 2. The van der Waals surface area contributed by atoms with Gasteiger partial charge in [0, 0.05) is 58.0 Å². The molecule has 0 aliphatic carbocycles. The van der Waals surface area contributed by atoms with Gasteiger partial charge in [0.25, 0.3) is 0 Å². The van der Waals surface area contributed by atoms with Gasteiger partial charge in [0.05, 0.1) is 12.1 Å². The number of piperazine rings is 2. The fraction of sp³-hybridized carbons (Fsp3) is 0.760. The Morgan fingerprint density at radius 1 is 0.879 bits per heavy atom. The summed E-state index contributed by atoms with van der Waals surface area (Å²) in [6.07, 6.45) is 6.20. The van der Waals surface area contributed by atoms with Crippen molar-refractivity contribution in [2.75, 3.05) is 32.7 Å². The lowest BCUT2D eigenvalue weighted by Crippen LogP contribution is -2.62. The Morgan fingerprint density at radius 3 is 1.85 bits per heavy atom. The lowest BCUT2D eigenvalue weighted by molar-refractivity contribution is -0.0289. The number of carbonyl (C=O) groups excluding carboxylic acids is 2. The predicted octanol–water partition coefficient (Wildman–Crippen LogP) is 2.58. The topological polar surface area (TPSA) is 83.1 Å². The SMILES string of the molecule is C#CCC1CN(C(=O)OC(C)(C)C)C(CC#CCC2CNCCN2)CN1C(=O)OC(C)(C)C. The summed E-state index contributed by atoms with van der Waals surface area (Å²) >= 11 is 0. The van der Waals surface area contributed by atoms with Crippen molar-refractivity contribution in [3.8, 4) is 24.2 Å². The summed E-state index contributed by atoms with van der Waals surface area (Å²) in [4.78, 5) is 29.3. The minimum atomic E-state index is -0.629. The third kappa shape index (κ3) is 9.15. The molecule has 0 radical (unpaired) electrons. The van der Waals surface area contributed by atoms with E-state index in [1.54, 1.807) is 9.80 Å². The zero-order valence-corrected chi connectivity index (χ0v) is 21.0. The van der Waals surface area contributed by atoms with Crippen LogP contribution in [0.4, 0.5) is 9.59 Å². The zero-order valence-electron chi connectivity index (χ0n) is 21.0. The third-order valence-electron chi connectivity index (χ3n) is 5.24. The molecule has 0 aromatic heterocycles. The van der Waals surface area contributed by atoms with Crippen LogP contribution in [-0.2, 0) is 9.47 Å². The quantitative estimate of drug-likeness (QED) is 0.630. The van der Waals surface area contributed by atoms with Gasteiger partial charge >= 0.3 is 12.2 Å². The van der Waals surface area contributed by atoms with E-state index >= 15 is 0 Å². The second kappa shape index (κ2) is 11.6. The van der Waals surface area contributed by atoms with Gasteiger partial charge in [0.2, 0.25) is 0 Å². The van der Waals surface area contributed by atoms with E-state index in [-0.39, 0.29) is 18.6 Å². The summed E-state index contributed by atoms with van der Waals surface area (Å²) in [6, 6.07) is -0.344. The molecule has 0 spiro atoms. The van der Waals surface area contributed by atoms with Gasteiger partial charge in [-0.1, -0.05) is 0 Å². The van der Waals surface area contributed by atoms with Gasteiger partial charge in [0.15, 0.2) is 0 Å². The fourth-order valence-corrected chi connectivity index (χ4v) is 3.77.